The van der Waals surface area contributed by atoms with Crippen molar-refractivity contribution in [2.75, 3.05) is 20.2 Å². The second-order valence-electron chi connectivity index (χ2n) is 7.27. The van der Waals surface area contributed by atoms with Gasteiger partial charge in [0.25, 0.3) is 5.91 Å². The van der Waals surface area contributed by atoms with Gasteiger partial charge in [-0.2, -0.15) is 0 Å². The fraction of sp³-hybridized carbons (Fsp3) is 0.429. The Balaban J connectivity index is 1.62. The van der Waals surface area contributed by atoms with Crippen LogP contribution < -0.4 is 10.1 Å². The maximum Gasteiger partial charge on any atom is 0.270 e. The number of nitrogens with zero attached hydrogens (tertiary/aromatic N) is 1. The molecule has 0 saturated carbocycles. The summed E-state index contributed by atoms with van der Waals surface area (Å²) in [6.07, 6.45) is 1.61. The van der Waals surface area contributed by atoms with E-state index in [1.54, 1.807) is 12.0 Å². The summed E-state index contributed by atoms with van der Waals surface area (Å²) in [5, 5.41) is 3.00. The zero-order valence-electron chi connectivity index (χ0n) is 16.5. The molecule has 2 N–H and O–H groups in total. The number of methoxy groups -OCH3 is 1. The number of aryl methyl sites for hydroxylation is 2. The van der Waals surface area contributed by atoms with Crippen molar-refractivity contribution in [3.63, 3.8) is 0 Å². The number of aromatic nitrogens is 1. The lowest BCUT2D eigenvalue weighted by Gasteiger charge is -2.32. The van der Waals surface area contributed by atoms with Crippen molar-refractivity contribution >= 4 is 27.7 Å². The molecule has 3 rings (SSSR count). The number of hydrogen-bond donors (Lipinski definition) is 2. The van der Waals surface area contributed by atoms with E-state index in [-0.39, 0.29) is 17.7 Å². The average molecular weight is 448 g/mol. The van der Waals surface area contributed by atoms with Gasteiger partial charge in [0.1, 0.15) is 11.4 Å². The highest BCUT2D eigenvalue weighted by atomic mass is 79.9. The zero-order chi connectivity index (χ0) is 20.3. The SMILES string of the molecule is COc1ccc(Br)cc1CNC(=O)[C@@H]1CCCN(C(=O)c2[nH]c(C)cc2C)C1. The maximum absolute atomic E-state index is 12.8. The van der Waals surface area contributed by atoms with Crippen molar-refractivity contribution in [3.05, 3.63) is 51.3 Å². The number of rotatable bonds is 5. The fourth-order valence-electron chi connectivity index (χ4n) is 3.70. The summed E-state index contributed by atoms with van der Waals surface area (Å²) < 4.78 is 6.29. The molecule has 1 atom stereocenters. The van der Waals surface area contributed by atoms with Crippen LogP contribution in [0.2, 0.25) is 0 Å². The van der Waals surface area contributed by atoms with Gasteiger partial charge in [-0.1, -0.05) is 15.9 Å². The second-order valence-corrected chi connectivity index (χ2v) is 8.19. The Hall–Kier alpha value is -2.28. The van der Waals surface area contributed by atoms with Gasteiger partial charge in [0.2, 0.25) is 5.91 Å². The number of amides is 2. The normalized spacial score (nSPS) is 16.7. The van der Waals surface area contributed by atoms with Gasteiger partial charge in [-0.25, -0.2) is 0 Å². The predicted molar refractivity (Wildman–Crippen MR) is 111 cm³/mol. The first-order valence-electron chi connectivity index (χ1n) is 9.44. The number of hydrogen-bond acceptors (Lipinski definition) is 3. The van der Waals surface area contributed by atoms with E-state index in [0.29, 0.717) is 25.3 Å². The summed E-state index contributed by atoms with van der Waals surface area (Å²) in [4.78, 5) is 30.5. The van der Waals surface area contributed by atoms with Gasteiger partial charge in [-0.3, -0.25) is 9.59 Å². The molecule has 2 heterocycles. The van der Waals surface area contributed by atoms with Crippen LogP contribution >= 0.6 is 15.9 Å². The third kappa shape index (κ3) is 4.58. The van der Waals surface area contributed by atoms with Crippen molar-refractivity contribution in [2.45, 2.75) is 33.2 Å². The molecule has 0 radical (unpaired) electrons. The van der Waals surface area contributed by atoms with Gasteiger partial charge < -0.3 is 19.9 Å². The molecule has 2 amide bonds. The second kappa shape index (κ2) is 8.82. The van der Waals surface area contributed by atoms with Crippen molar-refractivity contribution < 1.29 is 14.3 Å². The molecule has 0 bridgehead atoms. The number of carbonyl (C=O) groups is 2. The number of H-pyrrole nitrogens is 1. The van der Waals surface area contributed by atoms with E-state index in [2.05, 4.69) is 26.2 Å². The summed E-state index contributed by atoms with van der Waals surface area (Å²) in [7, 11) is 1.61. The van der Waals surface area contributed by atoms with Crippen LogP contribution in [0.15, 0.2) is 28.7 Å². The molecule has 6 nitrogen and oxygen atoms in total. The Labute approximate surface area is 173 Å². The quantitative estimate of drug-likeness (QED) is 0.735. The molecule has 1 aromatic heterocycles. The maximum atomic E-state index is 12.8. The monoisotopic (exact) mass is 447 g/mol. The third-order valence-corrected chi connectivity index (χ3v) is 5.63. The van der Waals surface area contributed by atoms with Crippen LogP contribution in [0.4, 0.5) is 0 Å². The number of piperidine rings is 1. The molecule has 1 aliphatic rings. The molecule has 2 aromatic rings. The Morgan fingerprint density at radius 3 is 2.79 bits per heavy atom. The topological polar surface area (TPSA) is 74.4 Å². The van der Waals surface area contributed by atoms with Crippen molar-refractivity contribution in [2.24, 2.45) is 5.92 Å². The number of nitrogens with one attached hydrogen (secondary N) is 2. The number of benzene rings is 1. The van der Waals surface area contributed by atoms with Crippen molar-refractivity contribution in [1.82, 2.24) is 15.2 Å². The molecule has 0 aliphatic carbocycles. The lowest BCUT2D eigenvalue weighted by molar-refractivity contribution is -0.126. The summed E-state index contributed by atoms with van der Waals surface area (Å²) in [6.45, 7) is 5.38. The molecule has 1 fully saturated rings. The smallest absolute Gasteiger partial charge is 0.270 e. The lowest BCUT2D eigenvalue weighted by Crippen LogP contribution is -2.45. The average Bonchev–Trinajstić information content (AvgIpc) is 3.03. The molecule has 1 aromatic carbocycles. The minimum Gasteiger partial charge on any atom is -0.496 e. The van der Waals surface area contributed by atoms with E-state index >= 15 is 0 Å². The number of aromatic amines is 1. The van der Waals surface area contributed by atoms with Crippen LogP contribution in [0.25, 0.3) is 0 Å². The number of ether oxygens (including phenoxy) is 1. The van der Waals surface area contributed by atoms with E-state index in [9.17, 15) is 9.59 Å². The molecule has 1 aliphatic heterocycles. The largest absolute Gasteiger partial charge is 0.496 e. The molecule has 28 heavy (non-hydrogen) atoms. The van der Waals surface area contributed by atoms with Crippen LogP contribution in [-0.4, -0.2) is 41.9 Å². The summed E-state index contributed by atoms with van der Waals surface area (Å²) >= 11 is 3.45. The van der Waals surface area contributed by atoms with Gasteiger partial charge in [-0.05, 0) is 56.5 Å². The first-order chi connectivity index (χ1) is 13.4. The van der Waals surface area contributed by atoms with Crippen LogP contribution in [-0.2, 0) is 11.3 Å². The predicted octanol–water partition coefficient (Wildman–Crippen LogP) is 3.57. The van der Waals surface area contributed by atoms with Gasteiger partial charge in [0.05, 0.1) is 13.0 Å². The molecule has 1 saturated heterocycles. The Morgan fingerprint density at radius 2 is 2.11 bits per heavy atom. The highest BCUT2D eigenvalue weighted by Crippen LogP contribution is 2.24. The summed E-state index contributed by atoms with van der Waals surface area (Å²) in [5.41, 5.74) is 3.44. The first-order valence-corrected chi connectivity index (χ1v) is 10.2. The van der Waals surface area contributed by atoms with Crippen LogP contribution in [0, 0.1) is 19.8 Å². The van der Waals surface area contributed by atoms with Gasteiger partial charge >= 0.3 is 0 Å². The van der Waals surface area contributed by atoms with Crippen molar-refractivity contribution in [3.8, 4) is 5.75 Å². The molecule has 7 heteroatoms. The minimum atomic E-state index is -0.202. The molecule has 0 spiro atoms. The fourth-order valence-corrected chi connectivity index (χ4v) is 4.11. The van der Waals surface area contributed by atoms with E-state index < -0.39 is 0 Å². The Kier molecular flexibility index (Phi) is 6.44. The van der Waals surface area contributed by atoms with Crippen LogP contribution in [0.1, 0.15) is 40.2 Å². The van der Waals surface area contributed by atoms with Crippen LogP contribution in [0.5, 0.6) is 5.75 Å². The number of carbonyl (C=O) groups excluding carboxylic acids is 2. The first kappa shape index (κ1) is 20.5. The van der Waals surface area contributed by atoms with Gasteiger partial charge in [-0.15, -0.1) is 0 Å². The minimum absolute atomic E-state index is 0.0288. The zero-order valence-corrected chi connectivity index (χ0v) is 18.1. The lowest BCUT2D eigenvalue weighted by atomic mass is 9.96. The van der Waals surface area contributed by atoms with E-state index in [1.807, 2.05) is 38.1 Å². The van der Waals surface area contributed by atoms with Gasteiger partial charge in [0.15, 0.2) is 0 Å². The Bertz CT molecular complexity index is 878. The third-order valence-electron chi connectivity index (χ3n) is 5.14. The highest BCUT2D eigenvalue weighted by Gasteiger charge is 2.30. The standard InChI is InChI=1S/C21H26BrN3O3/c1-13-9-14(2)24-19(13)21(27)25-8-4-5-15(12-25)20(26)23-11-16-10-17(22)6-7-18(16)28-3/h6-7,9-10,15,24H,4-5,8,11-12H2,1-3H3,(H,23,26)/t15-/m1/s1. The summed E-state index contributed by atoms with van der Waals surface area (Å²) in [5.74, 6) is 0.476. The molecular weight excluding hydrogens is 422 g/mol. The highest BCUT2D eigenvalue weighted by molar-refractivity contribution is 9.10. The Morgan fingerprint density at radius 1 is 1.32 bits per heavy atom. The van der Waals surface area contributed by atoms with E-state index in [1.165, 1.54) is 0 Å². The number of likely N-dealkylation sites (tertiary alicyclic amines) is 1. The molecular formula is C21H26BrN3O3. The molecule has 0 unspecified atom stereocenters. The summed E-state index contributed by atoms with van der Waals surface area (Å²) in [6, 6.07) is 7.67. The van der Waals surface area contributed by atoms with E-state index in [0.717, 1.165) is 39.9 Å². The van der Waals surface area contributed by atoms with Gasteiger partial charge in [0, 0.05) is 35.4 Å². The van der Waals surface area contributed by atoms with Crippen molar-refractivity contribution in [1.29, 1.82) is 0 Å². The number of halogens is 1. The van der Waals surface area contributed by atoms with E-state index in [4.69, 9.17) is 4.74 Å². The van der Waals surface area contributed by atoms with Crippen LogP contribution in [0.3, 0.4) is 0 Å². The molecule has 150 valence electrons.